The van der Waals surface area contributed by atoms with Crippen molar-refractivity contribution in [1.82, 2.24) is 5.32 Å². The molecule has 3 aromatic rings. The summed E-state index contributed by atoms with van der Waals surface area (Å²) in [5.74, 6) is 2.57. The van der Waals surface area contributed by atoms with Gasteiger partial charge >= 0.3 is 5.97 Å². The third kappa shape index (κ3) is 6.97. The summed E-state index contributed by atoms with van der Waals surface area (Å²) in [4.78, 5) is 27.7. The maximum atomic E-state index is 14.1. The maximum Gasteiger partial charge on any atom is 0.336 e. The van der Waals surface area contributed by atoms with Gasteiger partial charge in [0.25, 0.3) is 0 Å². The first kappa shape index (κ1) is 31.3. The summed E-state index contributed by atoms with van der Waals surface area (Å²) in [6, 6.07) is 23.5. The van der Waals surface area contributed by atoms with E-state index in [2.05, 4.69) is 12.2 Å². The molecule has 1 aliphatic carbocycles. The van der Waals surface area contributed by atoms with Gasteiger partial charge in [0, 0.05) is 35.1 Å². The molecule has 3 aromatic carbocycles. The smallest absolute Gasteiger partial charge is 0.336 e. The first-order chi connectivity index (χ1) is 21.4. The van der Waals surface area contributed by atoms with Gasteiger partial charge in [-0.15, -0.1) is 0 Å². The maximum absolute atomic E-state index is 14.1. The number of dihydropyridines is 1. The van der Waals surface area contributed by atoms with Crippen LogP contribution in [0.2, 0.25) is 0 Å². The highest BCUT2D eigenvalue weighted by Gasteiger charge is 2.41. The monoisotopic (exact) mass is 613 g/mol. The van der Waals surface area contributed by atoms with Crippen LogP contribution in [-0.4, -0.2) is 44.1 Å². The standard InChI is InChI=1S/C36H39NO6S/c1-5-44-17-16-42-36(39)33-23(2)37-29-19-27(25-14-15-31(40-3)32(21-25)41-4)20-30(38)35(29)34(33)26-12-9-13-28(18-26)43-22-24-10-7-6-8-11-24/h6-15,18,21,27,34,37H,5,16-17,19-20,22H2,1-4H3/t27-,34+/m0/s1. The molecule has 2 aliphatic rings. The molecule has 8 heteroatoms. The SMILES string of the molecule is CCSCCOC(=O)C1=C(C)NC2=C(C(=O)C[C@@H](c3ccc(OC)c(OC)c3)C2)[C@@H]1c1cccc(OCc2ccccc2)c1. The van der Waals surface area contributed by atoms with Gasteiger partial charge in [-0.05, 0) is 66.0 Å². The molecular weight excluding hydrogens is 574 g/mol. The molecule has 0 saturated carbocycles. The van der Waals surface area contributed by atoms with Crippen LogP contribution < -0.4 is 19.5 Å². The second-order valence-electron chi connectivity index (χ2n) is 10.8. The first-order valence-electron chi connectivity index (χ1n) is 14.9. The summed E-state index contributed by atoms with van der Waals surface area (Å²) in [5, 5.41) is 3.44. The minimum Gasteiger partial charge on any atom is -0.493 e. The fraction of sp³-hybridized carbons (Fsp3) is 0.333. The zero-order valence-electron chi connectivity index (χ0n) is 25.7. The Balaban J connectivity index is 1.49. The lowest BCUT2D eigenvalue weighted by atomic mass is 9.71. The normalized spacial score (nSPS) is 18.0. The van der Waals surface area contributed by atoms with E-state index >= 15 is 0 Å². The predicted molar refractivity (Wildman–Crippen MR) is 173 cm³/mol. The number of ketones is 1. The van der Waals surface area contributed by atoms with E-state index in [1.165, 1.54) is 0 Å². The van der Waals surface area contributed by atoms with Crippen molar-refractivity contribution in [3.63, 3.8) is 0 Å². The van der Waals surface area contributed by atoms with E-state index < -0.39 is 11.9 Å². The Morgan fingerprint density at radius 2 is 1.73 bits per heavy atom. The van der Waals surface area contributed by atoms with E-state index in [1.807, 2.05) is 79.7 Å². The molecule has 230 valence electrons. The van der Waals surface area contributed by atoms with Gasteiger partial charge in [0.1, 0.15) is 19.0 Å². The molecule has 7 nitrogen and oxygen atoms in total. The number of rotatable bonds is 12. The zero-order chi connectivity index (χ0) is 31.1. The molecular formula is C36H39NO6S. The number of nitrogens with one attached hydrogen (secondary N) is 1. The van der Waals surface area contributed by atoms with Crippen LogP contribution in [0.4, 0.5) is 0 Å². The number of benzene rings is 3. The van der Waals surface area contributed by atoms with Gasteiger partial charge in [-0.1, -0.05) is 55.5 Å². The van der Waals surface area contributed by atoms with Crippen molar-refractivity contribution in [2.24, 2.45) is 0 Å². The summed E-state index contributed by atoms with van der Waals surface area (Å²) >= 11 is 1.72. The molecule has 0 aromatic heterocycles. The van der Waals surface area contributed by atoms with Crippen LogP contribution in [0.3, 0.4) is 0 Å². The second-order valence-corrected chi connectivity index (χ2v) is 12.2. The van der Waals surface area contributed by atoms with Crippen LogP contribution in [0.1, 0.15) is 55.2 Å². The van der Waals surface area contributed by atoms with Gasteiger partial charge in [0.15, 0.2) is 17.3 Å². The number of allylic oxidation sites excluding steroid dienone is 3. The molecule has 2 atom stereocenters. The van der Waals surface area contributed by atoms with Gasteiger partial charge in [0.05, 0.1) is 19.8 Å². The first-order valence-corrected chi connectivity index (χ1v) is 16.1. The summed E-state index contributed by atoms with van der Waals surface area (Å²) in [6.45, 7) is 4.68. The number of hydrogen-bond donors (Lipinski definition) is 1. The van der Waals surface area contributed by atoms with Gasteiger partial charge in [-0.3, -0.25) is 4.79 Å². The minimum absolute atomic E-state index is 0.00141. The Labute approximate surface area is 263 Å². The highest BCUT2D eigenvalue weighted by atomic mass is 32.2. The Kier molecular flexibility index (Phi) is 10.3. The van der Waals surface area contributed by atoms with E-state index in [-0.39, 0.29) is 11.7 Å². The number of carbonyl (C=O) groups is 2. The van der Waals surface area contributed by atoms with Crippen molar-refractivity contribution in [3.8, 4) is 17.2 Å². The Morgan fingerprint density at radius 3 is 2.48 bits per heavy atom. The van der Waals surface area contributed by atoms with Gasteiger partial charge in [-0.2, -0.15) is 11.8 Å². The molecule has 0 bridgehead atoms. The van der Waals surface area contributed by atoms with E-state index in [0.717, 1.165) is 33.9 Å². The third-order valence-electron chi connectivity index (χ3n) is 8.03. The van der Waals surface area contributed by atoms with Crippen LogP contribution in [0, 0.1) is 0 Å². The average Bonchev–Trinajstić information content (AvgIpc) is 3.05. The molecule has 0 saturated heterocycles. The number of ether oxygens (including phenoxy) is 4. The van der Waals surface area contributed by atoms with Crippen LogP contribution in [0.25, 0.3) is 0 Å². The molecule has 0 amide bonds. The molecule has 0 fully saturated rings. The van der Waals surface area contributed by atoms with E-state index in [1.54, 1.807) is 26.0 Å². The topological polar surface area (TPSA) is 83.1 Å². The van der Waals surface area contributed by atoms with Crippen molar-refractivity contribution < 1.29 is 28.5 Å². The average molecular weight is 614 g/mol. The molecule has 1 N–H and O–H groups in total. The van der Waals surface area contributed by atoms with Gasteiger partial charge in [0.2, 0.25) is 0 Å². The largest absolute Gasteiger partial charge is 0.493 e. The van der Waals surface area contributed by atoms with Crippen molar-refractivity contribution in [3.05, 3.63) is 112 Å². The molecule has 0 unspecified atom stereocenters. The molecule has 44 heavy (non-hydrogen) atoms. The lowest BCUT2D eigenvalue weighted by Gasteiger charge is -2.37. The highest BCUT2D eigenvalue weighted by Crippen LogP contribution is 2.47. The summed E-state index contributed by atoms with van der Waals surface area (Å²) in [7, 11) is 3.21. The molecule has 0 spiro atoms. The predicted octanol–water partition coefficient (Wildman–Crippen LogP) is 6.94. The number of thioether (sulfide) groups is 1. The molecule has 1 heterocycles. The third-order valence-corrected chi connectivity index (χ3v) is 8.89. The number of esters is 1. The fourth-order valence-electron chi connectivity index (χ4n) is 5.93. The number of Topliss-reactive ketones (excluding diaryl/α,β-unsaturated/α-hetero) is 1. The van der Waals surface area contributed by atoms with Gasteiger partial charge < -0.3 is 24.3 Å². The Morgan fingerprint density at radius 1 is 0.932 bits per heavy atom. The van der Waals surface area contributed by atoms with Crippen LogP contribution >= 0.6 is 11.8 Å². The Bertz CT molecular complexity index is 1560. The van der Waals surface area contributed by atoms with Crippen molar-refractivity contribution in [2.75, 3.05) is 32.3 Å². The molecule has 1 aliphatic heterocycles. The highest BCUT2D eigenvalue weighted by molar-refractivity contribution is 7.99. The summed E-state index contributed by atoms with van der Waals surface area (Å²) in [5.41, 5.74) is 5.47. The number of hydrogen-bond acceptors (Lipinski definition) is 8. The van der Waals surface area contributed by atoms with Crippen LogP contribution in [-0.2, 0) is 20.9 Å². The van der Waals surface area contributed by atoms with E-state index in [4.69, 9.17) is 18.9 Å². The summed E-state index contributed by atoms with van der Waals surface area (Å²) < 4.78 is 22.8. The lowest BCUT2D eigenvalue weighted by molar-refractivity contribution is -0.138. The van der Waals surface area contributed by atoms with Gasteiger partial charge in [-0.25, -0.2) is 4.79 Å². The second kappa shape index (κ2) is 14.5. The van der Waals surface area contributed by atoms with E-state index in [9.17, 15) is 9.59 Å². The van der Waals surface area contributed by atoms with Crippen LogP contribution in [0.5, 0.6) is 17.2 Å². The quantitative estimate of drug-likeness (QED) is 0.174. The molecule has 5 rings (SSSR count). The van der Waals surface area contributed by atoms with Crippen molar-refractivity contribution in [2.45, 2.75) is 45.1 Å². The van der Waals surface area contributed by atoms with Crippen LogP contribution in [0.15, 0.2) is 95.3 Å². The number of methoxy groups -OCH3 is 2. The lowest BCUT2D eigenvalue weighted by Crippen LogP contribution is -2.36. The zero-order valence-corrected chi connectivity index (χ0v) is 26.5. The van der Waals surface area contributed by atoms with Crippen molar-refractivity contribution >= 4 is 23.5 Å². The molecule has 0 radical (unpaired) electrons. The van der Waals surface area contributed by atoms with Crippen molar-refractivity contribution in [1.29, 1.82) is 0 Å². The summed E-state index contributed by atoms with van der Waals surface area (Å²) in [6.07, 6.45) is 0.926. The number of carbonyl (C=O) groups excluding carboxylic acids is 2. The Hall–Kier alpha value is -4.17. The fourth-order valence-corrected chi connectivity index (χ4v) is 6.42. The van der Waals surface area contributed by atoms with E-state index in [0.29, 0.717) is 60.1 Å². The minimum atomic E-state index is -0.572.